The van der Waals surface area contributed by atoms with Crippen LogP contribution >= 0.6 is 0 Å². The van der Waals surface area contributed by atoms with Gasteiger partial charge in [-0.3, -0.25) is 14.6 Å². The van der Waals surface area contributed by atoms with Gasteiger partial charge in [-0.15, -0.1) is 0 Å². The molecule has 0 radical (unpaired) electrons. The maximum absolute atomic E-state index is 12.8. The van der Waals surface area contributed by atoms with E-state index in [1.165, 1.54) is 30.0 Å². The molecule has 0 N–H and O–H groups in total. The fraction of sp³-hybridized carbons (Fsp3) is 0.429. The number of benzene rings is 1. The Morgan fingerprint density at radius 1 is 1.09 bits per heavy atom. The van der Waals surface area contributed by atoms with E-state index in [0.29, 0.717) is 23.1 Å². The van der Waals surface area contributed by atoms with Crippen LogP contribution in [0, 0.1) is 17.2 Å². The maximum Gasteiger partial charge on any atom is 0.225 e. The molecule has 1 amide bonds. The highest BCUT2D eigenvalue weighted by molar-refractivity contribution is 5.97. The van der Waals surface area contributed by atoms with E-state index in [2.05, 4.69) is 45.9 Å². The van der Waals surface area contributed by atoms with Crippen molar-refractivity contribution in [3.05, 3.63) is 65.1 Å². The first-order valence-corrected chi connectivity index (χ1v) is 12.3. The standard InChI is InChI=1S/C28H30N4O2/c1-31-18-24(21-9-12-32(13-10-21)28(34)22-4-2-3-5-22)23-14-19(6-7-26(23)31)16-27(33)25-15-20(17-29)8-11-30-25/h6-8,11,14-15,18,21-22H,2-5,9-10,12-13,16H2,1H3. The Hall–Kier alpha value is -3.46. The van der Waals surface area contributed by atoms with Crippen molar-refractivity contribution < 1.29 is 9.59 Å². The van der Waals surface area contributed by atoms with Crippen molar-refractivity contribution in [2.24, 2.45) is 13.0 Å². The molecule has 0 unspecified atom stereocenters. The summed E-state index contributed by atoms with van der Waals surface area (Å²) in [6.45, 7) is 1.66. The van der Waals surface area contributed by atoms with Gasteiger partial charge in [-0.05, 0) is 67.0 Å². The topological polar surface area (TPSA) is 79.0 Å². The first kappa shape index (κ1) is 22.3. The Morgan fingerprint density at radius 2 is 1.85 bits per heavy atom. The number of nitrogens with zero attached hydrogens (tertiary/aromatic N) is 4. The number of hydrogen-bond acceptors (Lipinski definition) is 4. The fourth-order valence-electron chi connectivity index (χ4n) is 5.68. The van der Waals surface area contributed by atoms with Crippen LogP contribution in [0.4, 0.5) is 0 Å². The van der Waals surface area contributed by atoms with E-state index in [0.717, 1.165) is 49.9 Å². The number of likely N-dealkylation sites (tertiary alicyclic amines) is 1. The van der Waals surface area contributed by atoms with Crippen molar-refractivity contribution in [1.82, 2.24) is 14.5 Å². The first-order valence-electron chi connectivity index (χ1n) is 12.3. The lowest BCUT2D eigenvalue weighted by molar-refractivity contribution is -0.136. The summed E-state index contributed by atoms with van der Waals surface area (Å²) in [6, 6.07) is 11.4. The Balaban J connectivity index is 1.32. The van der Waals surface area contributed by atoms with Crippen molar-refractivity contribution >= 4 is 22.6 Å². The van der Waals surface area contributed by atoms with Crippen molar-refractivity contribution in [3.63, 3.8) is 0 Å². The van der Waals surface area contributed by atoms with Crippen molar-refractivity contribution in [2.75, 3.05) is 13.1 Å². The molecule has 3 heterocycles. The Morgan fingerprint density at radius 3 is 2.59 bits per heavy atom. The van der Waals surface area contributed by atoms with Crippen LogP contribution in [0.5, 0.6) is 0 Å². The molecule has 0 spiro atoms. The van der Waals surface area contributed by atoms with E-state index in [4.69, 9.17) is 5.26 Å². The maximum atomic E-state index is 12.8. The van der Waals surface area contributed by atoms with Crippen molar-refractivity contribution in [3.8, 4) is 6.07 Å². The quantitative estimate of drug-likeness (QED) is 0.521. The largest absolute Gasteiger partial charge is 0.350 e. The van der Waals surface area contributed by atoms with E-state index in [9.17, 15) is 9.59 Å². The van der Waals surface area contributed by atoms with Gasteiger partial charge in [-0.1, -0.05) is 18.9 Å². The molecule has 2 fully saturated rings. The molecule has 1 aliphatic carbocycles. The summed E-state index contributed by atoms with van der Waals surface area (Å²) >= 11 is 0. The average molecular weight is 455 g/mol. The number of nitriles is 1. The fourth-order valence-corrected chi connectivity index (χ4v) is 5.68. The van der Waals surface area contributed by atoms with Gasteiger partial charge in [0.25, 0.3) is 0 Å². The van der Waals surface area contributed by atoms with Gasteiger partial charge in [0.1, 0.15) is 5.69 Å². The second kappa shape index (κ2) is 9.42. The Bertz CT molecular complexity index is 1270. The van der Waals surface area contributed by atoms with E-state index in [1.807, 2.05) is 6.07 Å². The third-order valence-electron chi connectivity index (χ3n) is 7.57. The summed E-state index contributed by atoms with van der Waals surface area (Å²) in [4.78, 5) is 31.9. The molecule has 2 aromatic heterocycles. The molecule has 2 aliphatic rings. The third-order valence-corrected chi connectivity index (χ3v) is 7.57. The zero-order valence-electron chi connectivity index (χ0n) is 19.7. The molecular weight excluding hydrogens is 424 g/mol. The molecule has 1 aliphatic heterocycles. The molecule has 6 heteroatoms. The van der Waals surface area contributed by atoms with Gasteiger partial charge >= 0.3 is 0 Å². The van der Waals surface area contributed by atoms with E-state index >= 15 is 0 Å². The molecule has 3 aromatic rings. The summed E-state index contributed by atoms with van der Waals surface area (Å²) in [5.41, 5.74) is 4.18. The van der Waals surface area contributed by atoms with Crippen LogP contribution < -0.4 is 0 Å². The van der Waals surface area contributed by atoms with Crippen molar-refractivity contribution in [2.45, 2.75) is 50.9 Å². The normalized spacial score (nSPS) is 17.2. The first-order chi connectivity index (χ1) is 16.5. The van der Waals surface area contributed by atoms with Gasteiger partial charge in [0.05, 0.1) is 11.6 Å². The van der Waals surface area contributed by atoms with Gasteiger partial charge in [-0.2, -0.15) is 5.26 Å². The highest BCUT2D eigenvalue weighted by Gasteiger charge is 2.31. The molecule has 6 nitrogen and oxygen atoms in total. The highest BCUT2D eigenvalue weighted by Crippen LogP contribution is 2.36. The SMILES string of the molecule is Cn1cc(C2CCN(C(=O)C3CCCC3)CC2)c2cc(CC(=O)c3cc(C#N)ccn3)ccc21. The molecule has 174 valence electrons. The summed E-state index contributed by atoms with van der Waals surface area (Å²) in [5.74, 6) is 0.935. The summed E-state index contributed by atoms with van der Waals surface area (Å²) in [7, 11) is 2.06. The minimum atomic E-state index is -0.0901. The lowest BCUT2D eigenvalue weighted by atomic mass is 9.88. The second-order valence-electron chi connectivity index (χ2n) is 9.77. The average Bonchev–Trinajstić information content (AvgIpc) is 3.52. The van der Waals surface area contributed by atoms with Crippen LogP contribution in [0.25, 0.3) is 10.9 Å². The number of aryl methyl sites for hydroxylation is 1. The van der Waals surface area contributed by atoms with E-state index in [-0.39, 0.29) is 18.1 Å². The zero-order chi connectivity index (χ0) is 23.7. The molecule has 5 rings (SSSR count). The number of carbonyl (C=O) groups is 2. The summed E-state index contributed by atoms with van der Waals surface area (Å²) in [5, 5.41) is 10.3. The number of hydrogen-bond donors (Lipinski definition) is 0. The predicted octanol–water partition coefficient (Wildman–Crippen LogP) is 4.77. The number of aromatic nitrogens is 2. The molecule has 1 saturated carbocycles. The second-order valence-corrected chi connectivity index (χ2v) is 9.77. The summed E-state index contributed by atoms with van der Waals surface area (Å²) < 4.78 is 2.16. The Kier molecular flexibility index (Phi) is 6.19. The number of carbonyl (C=O) groups excluding carboxylic acids is 2. The van der Waals surface area contributed by atoms with Crippen LogP contribution in [0.15, 0.2) is 42.7 Å². The number of fused-ring (bicyclic) bond motifs is 1. The van der Waals surface area contributed by atoms with Crippen LogP contribution in [0.3, 0.4) is 0 Å². The Labute approximate surface area is 200 Å². The number of Topliss-reactive ketones (excluding diaryl/α,β-unsaturated/α-hetero) is 1. The van der Waals surface area contributed by atoms with Gasteiger partial charge in [0.2, 0.25) is 5.91 Å². The highest BCUT2D eigenvalue weighted by atomic mass is 16.2. The molecule has 34 heavy (non-hydrogen) atoms. The third kappa shape index (κ3) is 4.35. The number of pyridine rings is 1. The van der Waals surface area contributed by atoms with Gasteiger partial charge in [-0.25, -0.2) is 0 Å². The lowest BCUT2D eigenvalue weighted by Crippen LogP contribution is -2.40. The minimum absolute atomic E-state index is 0.0901. The zero-order valence-corrected chi connectivity index (χ0v) is 19.7. The summed E-state index contributed by atoms with van der Waals surface area (Å²) in [6.07, 6.45) is 10.4. The molecule has 1 saturated heterocycles. The van der Waals surface area contributed by atoms with Gasteiger partial charge in [0.15, 0.2) is 5.78 Å². The predicted molar refractivity (Wildman–Crippen MR) is 130 cm³/mol. The number of piperidine rings is 1. The number of ketones is 1. The molecule has 0 bridgehead atoms. The van der Waals surface area contributed by atoms with Crippen molar-refractivity contribution in [1.29, 1.82) is 5.26 Å². The van der Waals surface area contributed by atoms with E-state index in [1.54, 1.807) is 12.1 Å². The number of rotatable bonds is 5. The van der Waals surface area contributed by atoms with Gasteiger partial charge < -0.3 is 9.47 Å². The van der Waals surface area contributed by atoms with Crippen LogP contribution in [-0.2, 0) is 18.3 Å². The minimum Gasteiger partial charge on any atom is -0.350 e. The van der Waals surface area contributed by atoms with Crippen LogP contribution in [-0.4, -0.2) is 39.2 Å². The number of amides is 1. The van der Waals surface area contributed by atoms with E-state index < -0.39 is 0 Å². The molecular formula is C28H30N4O2. The lowest BCUT2D eigenvalue weighted by Gasteiger charge is -2.33. The molecule has 1 aromatic carbocycles. The monoisotopic (exact) mass is 454 g/mol. The van der Waals surface area contributed by atoms with Crippen LogP contribution in [0.1, 0.15) is 71.6 Å². The van der Waals surface area contributed by atoms with Gasteiger partial charge in [0, 0.05) is 55.8 Å². The van der Waals surface area contributed by atoms with Crippen LogP contribution in [0.2, 0.25) is 0 Å². The molecule has 0 atom stereocenters. The smallest absolute Gasteiger partial charge is 0.225 e.